The standard InChI is InChI=1S/C45H72O3Si.C17H28O.C8H12O2.HI/c1-44(2,3)49(4,5)48-43-32-35-45(38-43,33-24-14-10-6-8-12-16-26-36-46-39-41-28-20-18-21-29-41)34-25-15-11-7-9-13-17-27-37-47-40-42-30-22-19-23-31-42;1-2-3-4-5-6-7-8-12-15-18-16-17-13-10-9-11-14-17;1-7-2-3-8(4-7,5-9)6-10;/h18-25,28-31,33-34,43H,6-17,26-27,32,35-40H2,1-5H3;9-11,13-14H,2-8,12,15-16H2,1H3;5-7H,2-4H2,1H3;1H/p-1/b33-24-,34-25-;;;. The van der Waals surface area contributed by atoms with Gasteiger partial charge in [0.15, 0.2) is 8.32 Å². The molecule has 0 radical (unpaired) electrons. The van der Waals surface area contributed by atoms with Gasteiger partial charge in [0.05, 0.1) is 25.2 Å². The van der Waals surface area contributed by atoms with Crippen LogP contribution in [0.25, 0.3) is 0 Å². The van der Waals surface area contributed by atoms with Crippen molar-refractivity contribution in [2.24, 2.45) is 16.7 Å². The molecule has 0 amide bonds. The average molecular weight is 1200 g/mol. The van der Waals surface area contributed by atoms with Crippen molar-refractivity contribution in [1.82, 2.24) is 0 Å². The summed E-state index contributed by atoms with van der Waals surface area (Å²) in [6, 6.07) is 31.4. The quantitative estimate of drug-likeness (QED) is 0.0142. The van der Waals surface area contributed by atoms with Crippen molar-refractivity contribution < 1.29 is 52.2 Å². The van der Waals surface area contributed by atoms with Gasteiger partial charge in [0.1, 0.15) is 12.6 Å². The van der Waals surface area contributed by atoms with Crippen LogP contribution in [0.2, 0.25) is 18.1 Å². The number of ether oxygens (including phenoxy) is 3. The molecule has 5 rings (SSSR count). The molecular weight excluding hydrogens is 1090 g/mol. The minimum absolute atomic E-state index is 0. The van der Waals surface area contributed by atoms with E-state index in [4.69, 9.17) is 18.6 Å². The molecule has 0 spiro atoms. The minimum atomic E-state index is -1.76. The van der Waals surface area contributed by atoms with Crippen molar-refractivity contribution in [3.05, 3.63) is 132 Å². The summed E-state index contributed by atoms with van der Waals surface area (Å²) in [6.07, 6.45) is 46.9. The third kappa shape index (κ3) is 33.3. The zero-order valence-corrected chi connectivity index (χ0v) is 53.8. The largest absolute Gasteiger partial charge is 1.00 e. The summed E-state index contributed by atoms with van der Waals surface area (Å²) >= 11 is 0. The first-order chi connectivity index (χ1) is 37.3. The second-order valence-electron chi connectivity index (χ2n) is 24.5. The molecule has 2 fully saturated rings. The smallest absolute Gasteiger partial charge is 0.192 e. The second-order valence-corrected chi connectivity index (χ2v) is 29.3. The molecular formula is C70H112IO6Si-. The molecule has 3 aromatic carbocycles. The number of aldehydes is 2. The lowest BCUT2D eigenvalue weighted by Gasteiger charge is -2.38. The Morgan fingerprint density at radius 3 is 1.19 bits per heavy atom. The summed E-state index contributed by atoms with van der Waals surface area (Å²) in [6.45, 7) is 21.1. The lowest BCUT2D eigenvalue weighted by molar-refractivity contribution is -0.126. The molecule has 6 nitrogen and oxygen atoms in total. The molecule has 2 atom stereocenters. The molecule has 0 aliphatic heterocycles. The zero-order valence-electron chi connectivity index (χ0n) is 50.6. The van der Waals surface area contributed by atoms with E-state index in [1.54, 1.807) is 0 Å². The van der Waals surface area contributed by atoms with E-state index in [9.17, 15) is 9.59 Å². The summed E-state index contributed by atoms with van der Waals surface area (Å²) in [4.78, 5) is 20.9. The number of halogens is 1. The Bertz CT molecular complexity index is 1850. The topological polar surface area (TPSA) is 71.1 Å². The van der Waals surface area contributed by atoms with Crippen LogP contribution >= 0.6 is 0 Å². The molecule has 0 aromatic heterocycles. The molecule has 0 saturated heterocycles. The van der Waals surface area contributed by atoms with Gasteiger partial charge >= 0.3 is 0 Å². The summed E-state index contributed by atoms with van der Waals surface area (Å²) in [5, 5.41) is 0.258. The second kappa shape index (κ2) is 43.9. The Hall–Kier alpha value is -2.73. The number of carbonyl (C=O) groups is 2. The van der Waals surface area contributed by atoms with Gasteiger partial charge in [-0.1, -0.05) is 246 Å². The summed E-state index contributed by atoms with van der Waals surface area (Å²) in [5.74, 6) is 0.537. The first-order valence-electron chi connectivity index (χ1n) is 31.2. The first-order valence-corrected chi connectivity index (χ1v) is 34.1. The van der Waals surface area contributed by atoms with E-state index in [1.807, 2.05) is 6.07 Å². The van der Waals surface area contributed by atoms with E-state index in [2.05, 4.69) is 157 Å². The molecule has 0 N–H and O–H groups in total. The number of hydrogen-bond donors (Lipinski definition) is 0. The van der Waals surface area contributed by atoms with Crippen LogP contribution in [0.1, 0.15) is 231 Å². The van der Waals surface area contributed by atoms with E-state index in [0.29, 0.717) is 12.0 Å². The number of unbranched alkanes of at least 4 members (excludes halogenated alkanes) is 19. The van der Waals surface area contributed by atoms with Gasteiger partial charge in [-0.3, -0.25) is 0 Å². The average Bonchev–Trinajstić information content (AvgIpc) is 4.04. The lowest BCUT2D eigenvalue weighted by Crippen LogP contribution is -3.00. The zero-order chi connectivity index (χ0) is 55.6. The van der Waals surface area contributed by atoms with Crippen LogP contribution in [0.15, 0.2) is 115 Å². The fourth-order valence-electron chi connectivity index (χ4n) is 10.3. The van der Waals surface area contributed by atoms with E-state index >= 15 is 0 Å². The number of benzene rings is 3. The highest BCUT2D eigenvalue weighted by Gasteiger charge is 2.43. The van der Waals surface area contributed by atoms with Crippen LogP contribution < -0.4 is 24.0 Å². The van der Waals surface area contributed by atoms with Crippen molar-refractivity contribution in [2.75, 3.05) is 19.8 Å². The highest BCUT2D eigenvalue weighted by molar-refractivity contribution is 6.74. The number of allylic oxidation sites excluding steroid dienone is 4. The normalized spacial score (nSPS) is 16.8. The molecule has 3 aromatic rings. The molecule has 2 saturated carbocycles. The molecule has 78 heavy (non-hydrogen) atoms. The Kier molecular flexibility index (Phi) is 40.2. The molecule has 2 aliphatic rings. The molecule has 2 unspecified atom stereocenters. The van der Waals surface area contributed by atoms with Gasteiger partial charge in [-0.25, -0.2) is 0 Å². The van der Waals surface area contributed by atoms with Gasteiger partial charge in [-0.05, 0) is 124 Å². The van der Waals surface area contributed by atoms with Gasteiger partial charge in [-0.15, -0.1) is 0 Å². The number of rotatable bonds is 39. The van der Waals surface area contributed by atoms with Gasteiger partial charge in [0, 0.05) is 31.3 Å². The van der Waals surface area contributed by atoms with Crippen molar-refractivity contribution >= 4 is 20.9 Å². The van der Waals surface area contributed by atoms with Crippen LogP contribution in [0.4, 0.5) is 0 Å². The van der Waals surface area contributed by atoms with E-state index in [-0.39, 0.29) is 34.4 Å². The minimum Gasteiger partial charge on any atom is -1.00 e. The summed E-state index contributed by atoms with van der Waals surface area (Å²) < 4.78 is 24.3. The Morgan fingerprint density at radius 2 is 0.859 bits per heavy atom. The monoisotopic (exact) mass is 1200 g/mol. The lowest BCUT2D eigenvalue weighted by atomic mass is 9.84. The highest BCUT2D eigenvalue weighted by Crippen LogP contribution is 2.46. The first kappa shape index (κ1) is 71.4. The van der Waals surface area contributed by atoms with Crippen molar-refractivity contribution in [3.63, 3.8) is 0 Å². The SMILES string of the molecule is CC(C)(C)[Si](C)(C)OC1CCC(/C=C\CCCCCCCCOCc2ccccc2)(/C=C\CCCCCCCCOCc2ccccc2)C1.CC1CCC(C=O)(C=O)C1.CCCCCCCCCCOCc1ccccc1.[I-]. The van der Waals surface area contributed by atoms with Gasteiger partial charge in [-0.2, -0.15) is 0 Å². The molecule has 440 valence electrons. The van der Waals surface area contributed by atoms with Gasteiger partial charge < -0.3 is 52.2 Å². The van der Waals surface area contributed by atoms with Crippen LogP contribution in [-0.4, -0.2) is 46.8 Å². The van der Waals surface area contributed by atoms with Crippen LogP contribution in [0, 0.1) is 16.7 Å². The van der Waals surface area contributed by atoms with Gasteiger partial charge in [0.2, 0.25) is 0 Å². The molecule has 0 heterocycles. The maximum Gasteiger partial charge on any atom is 0.192 e. The maximum atomic E-state index is 10.5. The fraction of sp³-hybridized carbons (Fsp3) is 0.657. The van der Waals surface area contributed by atoms with Crippen molar-refractivity contribution in [1.29, 1.82) is 0 Å². The third-order valence-electron chi connectivity index (χ3n) is 16.3. The van der Waals surface area contributed by atoms with Gasteiger partial charge in [0.25, 0.3) is 0 Å². The van der Waals surface area contributed by atoms with Crippen LogP contribution in [0.5, 0.6) is 0 Å². The molecule has 0 bridgehead atoms. The molecule has 2 aliphatic carbocycles. The third-order valence-corrected chi connectivity index (χ3v) is 20.8. The fourth-order valence-corrected chi connectivity index (χ4v) is 11.7. The van der Waals surface area contributed by atoms with E-state index < -0.39 is 13.7 Å². The van der Waals surface area contributed by atoms with E-state index in [0.717, 1.165) is 77.9 Å². The Morgan fingerprint density at radius 1 is 0.500 bits per heavy atom. The van der Waals surface area contributed by atoms with Crippen LogP contribution in [-0.2, 0) is 48.0 Å². The van der Waals surface area contributed by atoms with Crippen molar-refractivity contribution in [3.8, 4) is 0 Å². The van der Waals surface area contributed by atoms with Crippen molar-refractivity contribution in [2.45, 2.75) is 258 Å². The summed E-state index contributed by atoms with van der Waals surface area (Å²) in [5.41, 5.74) is 3.37. The number of carbonyl (C=O) groups excluding carboxylic acids is 2. The Labute approximate surface area is 497 Å². The van der Waals surface area contributed by atoms with E-state index in [1.165, 1.54) is 171 Å². The highest BCUT2D eigenvalue weighted by atomic mass is 127. The Balaban J connectivity index is 0.000000581. The summed E-state index contributed by atoms with van der Waals surface area (Å²) in [7, 11) is -1.76. The predicted molar refractivity (Wildman–Crippen MR) is 330 cm³/mol. The predicted octanol–water partition coefficient (Wildman–Crippen LogP) is 17.1. The van der Waals surface area contributed by atoms with Crippen LogP contribution in [0.3, 0.4) is 0 Å². The number of hydrogen-bond acceptors (Lipinski definition) is 6. The maximum absolute atomic E-state index is 10.5. The molecule has 8 heteroatoms.